The molecule has 0 radical (unpaired) electrons. The molecule has 0 aliphatic heterocycles. The van der Waals surface area contributed by atoms with Gasteiger partial charge in [0.25, 0.3) is 0 Å². The van der Waals surface area contributed by atoms with Crippen LogP contribution in [-0.4, -0.2) is 5.11 Å². The van der Waals surface area contributed by atoms with Gasteiger partial charge in [0.05, 0.1) is 4.47 Å². The molecular weight excluding hydrogens is 297 g/mol. The average molecular weight is 310 g/mol. The van der Waals surface area contributed by atoms with E-state index in [9.17, 15) is 4.39 Å². The average Bonchev–Trinajstić information content (AvgIpc) is 2.37. The highest BCUT2D eigenvalue weighted by molar-refractivity contribution is 9.10. The summed E-state index contributed by atoms with van der Waals surface area (Å²) in [6.07, 6.45) is 0. The molecule has 0 unspecified atom stereocenters. The summed E-state index contributed by atoms with van der Waals surface area (Å²) >= 11 is 3.23. The Morgan fingerprint density at radius 3 is 2.50 bits per heavy atom. The summed E-state index contributed by atoms with van der Waals surface area (Å²) in [5.41, 5.74) is 1.95. The first-order valence-corrected chi connectivity index (χ1v) is 6.37. The van der Waals surface area contributed by atoms with Gasteiger partial charge in [0.1, 0.15) is 11.6 Å². The smallest absolute Gasteiger partial charge is 0.137 e. The van der Waals surface area contributed by atoms with E-state index in [-0.39, 0.29) is 11.6 Å². The normalized spacial score (nSPS) is 10.6. The van der Waals surface area contributed by atoms with Crippen molar-refractivity contribution in [3.05, 3.63) is 63.9 Å². The van der Waals surface area contributed by atoms with Crippen molar-refractivity contribution < 1.29 is 9.50 Å². The maximum atomic E-state index is 13.3. The highest BCUT2D eigenvalue weighted by Gasteiger charge is 2.04. The Morgan fingerprint density at radius 1 is 1.06 bits per heavy atom. The van der Waals surface area contributed by atoms with Gasteiger partial charge in [-0.15, -0.1) is 0 Å². The molecule has 0 aliphatic rings. The molecule has 2 nitrogen and oxygen atoms in total. The molecule has 0 aromatic heterocycles. The molecule has 4 heteroatoms. The van der Waals surface area contributed by atoms with Gasteiger partial charge >= 0.3 is 0 Å². The number of rotatable bonds is 4. The van der Waals surface area contributed by atoms with E-state index < -0.39 is 0 Å². The van der Waals surface area contributed by atoms with Gasteiger partial charge < -0.3 is 10.4 Å². The lowest BCUT2D eigenvalue weighted by molar-refractivity contribution is 0.475. The Hall–Kier alpha value is -1.39. The maximum absolute atomic E-state index is 13.3. The summed E-state index contributed by atoms with van der Waals surface area (Å²) in [7, 11) is 0. The number of benzene rings is 2. The second-order valence-corrected chi connectivity index (χ2v) is 4.78. The van der Waals surface area contributed by atoms with E-state index in [1.54, 1.807) is 18.2 Å². The topological polar surface area (TPSA) is 32.3 Å². The Bertz CT molecular complexity index is 528. The summed E-state index contributed by atoms with van der Waals surface area (Å²) in [4.78, 5) is 0. The van der Waals surface area contributed by atoms with Crippen LogP contribution in [0.4, 0.5) is 4.39 Å². The van der Waals surface area contributed by atoms with Crippen molar-refractivity contribution >= 4 is 15.9 Å². The standard InChI is InChI=1S/C14H13BrFNO/c15-14-11(2-1-3-13(14)16)9-17-8-10-4-6-12(18)7-5-10/h1-7,17-18H,8-9H2. The molecule has 0 spiro atoms. The quantitative estimate of drug-likeness (QED) is 0.904. The minimum Gasteiger partial charge on any atom is -0.508 e. The summed E-state index contributed by atoms with van der Waals surface area (Å²) in [5, 5.41) is 12.4. The zero-order chi connectivity index (χ0) is 13.0. The fourth-order valence-electron chi connectivity index (χ4n) is 1.64. The van der Waals surface area contributed by atoms with Crippen LogP contribution < -0.4 is 5.32 Å². The van der Waals surface area contributed by atoms with Crippen molar-refractivity contribution in [3.63, 3.8) is 0 Å². The lowest BCUT2D eigenvalue weighted by Crippen LogP contribution is -2.13. The van der Waals surface area contributed by atoms with E-state index in [2.05, 4.69) is 21.2 Å². The molecule has 94 valence electrons. The monoisotopic (exact) mass is 309 g/mol. The van der Waals surface area contributed by atoms with Crippen LogP contribution in [0.2, 0.25) is 0 Å². The molecule has 2 rings (SSSR count). The number of phenolic OH excluding ortho intramolecular Hbond substituents is 1. The van der Waals surface area contributed by atoms with Crippen molar-refractivity contribution in [2.45, 2.75) is 13.1 Å². The van der Waals surface area contributed by atoms with E-state index in [4.69, 9.17) is 5.11 Å². The summed E-state index contributed by atoms with van der Waals surface area (Å²) in [6.45, 7) is 1.25. The zero-order valence-corrected chi connectivity index (χ0v) is 11.2. The Labute approximate surface area is 114 Å². The third-order valence-corrected chi connectivity index (χ3v) is 3.50. The van der Waals surface area contributed by atoms with Gasteiger partial charge in [-0.25, -0.2) is 4.39 Å². The molecule has 0 saturated carbocycles. The molecule has 2 aromatic carbocycles. The second-order valence-electron chi connectivity index (χ2n) is 3.98. The van der Waals surface area contributed by atoms with Crippen LogP contribution in [0.25, 0.3) is 0 Å². The van der Waals surface area contributed by atoms with Crippen LogP contribution in [0.15, 0.2) is 46.9 Å². The van der Waals surface area contributed by atoms with Gasteiger partial charge in [-0.05, 0) is 45.3 Å². The lowest BCUT2D eigenvalue weighted by Gasteiger charge is -2.07. The van der Waals surface area contributed by atoms with Gasteiger partial charge in [0.15, 0.2) is 0 Å². The Morgan fingerprint density at radius 2 is 1.78 bits per heavy atom. The van der Waals surface area contributed by atoms with E-state index in [0.717, 1.165) is 11.1 Å². The van der Waals surface area contributed by atoms with Gasteiger partial charge in [0, 0.05) is 13.1 Å². The second kappa shape index (κ2) is 5.98. The summed E-state index contributed by atoms with van der Waals surface area (Å²) in [6, 6.07) is 12.0. The van der Waals surface area contributed by atoms with Crippen LogP contribution in [0.1, 0.15) is 11.1 Å². The molecule has 0 atom stereocenters. The maximum Gasteiger partial charge on any atom is 0.137 e. The van der Waals surface area contributed by atoms with E-state index in [1.807, 2.05) is 18.2 Å². The molecule has 2 aromatic rings. The molecule has 18 heavy (non-hydrogen) atoms. The fourth-order valence-corrected chi connectivity index (χ4v) is 2.04. The number of hydrogen-bond donors (Lipinski definition) is 2. The number of phenols is 1. The lowest BCUT2D eigenvalue weighted by atomic mass is 10.2. The molecule has 0 bridgehead atoms. The molecule has 0 fully saturated rings. The Kier molecular flexibility index (Phi) is 4.33. The van der Waals surface area contributed by atoms with Crippen molar-refractivity contribution in [1.82, 2.24) is 5.32 Å². The van der Waals surface area contributed by atoms with Crippen LogP contribution >= 0.6 is 15.9 Å². The van der Waals surface area contributed by atoms with Crippen molar-refractivity contribution in [3.8, 4) is 5.75 Å². The summed E-state index contributed by atoms with van der Waals surface area (Å²) < 4.78 is 13.8. The predicted molar refractivity (Wildman–Crippen MR) is 72.8 cm³/mol. The fraction of sp³-hybridized carbons (Fsp3) is 0.143. The highest BCUT2D eigenvalue weighted by Crippen LogP contribution is 2.20. The van der Waals surface area contributed by atoms with Crippen molar-refractivity contribution in [1.29, 1.82) is 0 Å². The summed E-state index contributed by atoms with van der Waals surface area (Å²) in [5.74, 6) is 0.00515. The number of aromatic hydroxyl groups is 1. The first kappa shape index (κ1) is 13.1. The van der Waals surface area contributed by atoms with Gasteiger partial charge in [0.2, 0.25) is 0 Å². The molecule has 0 amide bonds. The third-order valence-electron chi connectivity index (χ3n) is 2.61. The largest absolute Gasteiger partial charge is 0.508 e. The van der Waals surface area contributed by atoms with E-state index in [0.29, 0.717) is 17.6 Å². The zero-order valence-electron chi connectivity index (χ0n) is 9.66. The van der Waals surface area contributed by atoms with Crippen molar-refractivity contribution in [2.24, 2.45) is 0 Å². The Balaban J connectivity index is 1.92. The number of nitrogens with one attached hydrogen (secondary N) is 1. The molecule has 0 aliphatic carbocycles. The molecule has 0 saturated heterocycles. The van der Waals surface area contributed by atoms with Gasteiger partial charge in [-0.3, -0.25) is 0 Å². The van der Waals surface area contributed by atoms with E-state index in [1.165, 1.54) is 6.07 Å². The van der Waals surface area contributed by atoms with Crippen LogP contribution in [-0.2, 0) is 13.1 Å². The highest BCUT2D eigenvalue weighted by atomic mass is 79.9. The predicted octanol–water partition coefficient (Wildman–Crippen LogP) is 3.58. The van der Waals surface area contributed by atoms with Crippen LogP contribution in [0, 0.1) is 5.82 Å². The van der Waals surface area contributed by atoms with Crippen LogP contribution in [0.5, 0.6) is 5.75 Å². The minimum absolute atomic E-state index is 0.251. The first-order valence-electron chi connectivity index (χ1n) is 5.58. The van der Waals surface area contributed by atoms with Gasteiger partial charge in [-0.2, -0.15) is 0 Å². The molecule has 2 N–H and O–H groups in total. The minimum atomic E-state index is -0.251. The number of hydrogen-bond acceptors (Lipinski definition) is 2. The van der Waals surface area contributed by atoms with E-state index >= 15 is 0 Å². The molecular formula is C14H13BrFNO. The number of halogens is 2. The van der Waals surface area contributed by atoms with Crippen molar-refractivity contribution in [2.75, 3.05) is 0 Å². The third kappa shape index (κ3) is 3.31. The molecule has 0 heterocycles. The first-order chi connectivity index (χ1) is 8.66. The SMILES string of the molecule is Oc1ccc(CNCc2cccc(F)c2Br)cc1. The van der Waals surface area contributed by atoms with Crippen LogP contribution in [0.3, 0.4) is 0 Å². The van der Waals surface area contributed by atoms with Gasteiger partial charge in [-0.1, -0.05) is 24.3 Å².